The van der Waals surface area contributed by atoms with Crippen molar-refractivity contribution in [3.63, 3.8) is 0 Å². The molecule has 33 heavy (non-hydrogen) atoms. The molecule has 2 atom stereocenters. The molecule has 0 bridgehead atoms. The number of rotatable bonds is 6. The Balaban J connectivity index is 1.76. The molecule has 0 spiro atoms. The third-order valence-electron chi connectivity index (χ3n) is 5.18. The highest BCUT2D eigenvalue weighted by molar-refractivity contribution is 7.07. The zero-order valence-corrected chi connectivity index (χ0v) is 18.0. The summed E-state index contributed by atoms with van der Waals surface area (Å²) in [5.74, 6) is -3.06. The fourth-order valence-corrected chi connectivity index (χ4v) is 4.13. The topological polar surface area (TPSA) is 96.8 Å². The van der Waals surface area contributed by atoms with E-state index in [1.165, 1.54) is 35.9 Å². The van der Waals surface area contributed by atoms with Crippen LogP contribution in [0.4, 0.5) is 13.2 Å². The molecule has 1 amide bonds. The predicted molar refractivity (Wildman–Crippen MR) is 117 cm³/mol. The van der Waals surface area contributed by atoms with E-state index < -0.39 is 46.7 Å². The fourth-order valence-electron chi connectivity index (χ4n) is 3.56. The molecule has 0 fully saturated rings. The molecule has 0 aliphatic heterocycles. The molecule has 2 aromatic carbocycles. The maximum absolute atomic E-state index is 14.2. The Morgan fingerprint density at radius 3 is 2.58 bits per heavy atom. The molecular formula is C22H17F3N4O3S. The second-order valence-electron chi connectivity index (χ2n) is 7.39. The molecule has 0 unspecified atom stereocenters. The second-order valence-corrected chi connectivity index (χ2v) is 8.11. The first-order chi connectivity index (χ1) is 15.7. The van der Waals surface area contributed by atoms with Crippen molar-refractivity contribution in [2.24, 2.45) is 0 Å². The van der Waals surface area contributed by atoms with Crippen molar-refractivity contribution in [1.29, 1.82) is 0 Å². The van der Waals surface area contributed by atoms with Gasteiger partial charge in [-0.25, -0.2) is 27.5 Å². The van der Waals surface area contributed by atoms with E-state index in [0.717, 1.165) is 18.2 Å². The largest absolute Gasteiger partial charge is 0.348 e. The van der Waals surface area contributed by atoms with Gasteiger partial charge in [0.05, 0.1) is 28.1 Å². The number of amides is 1. The minimum absolute atomic E-state index is 0.0268. The van der Waals surface area contributed by atoms with E-state index in [4.69, 9.17) is 0 Å². The zero-order valence-electron chi connectivity index (χ0n) is 17.1. The molecule has 0 radical (unpaired) electrons. The van der Waals surface area contributed by atoms with E-state index in [1.54, 1.807) is 5.38 Å². The molecule has 0 saturated carbocycles. The van der Waals surface area contributed by atoms with Crippen LogP contribution in [0.15, 0.2) is 56.9 Å². The number of aromatic nitrogens is 3. The first kappa shape index (κ1) is 22.5. The Kier molecular flexibility index (Phi) is 6.14. The van der Waals surface area contributed by atoms with Crippen molar-refractivity contribution in [3.8, 4) is 0 Å². The SMILES string of the molecule is C[C@@H](NC(=O)[C@H](Cc1cscn1)n1c(=O)[nH]c2ccc(F)cc2c1=O)c1ccc(F)cc1F. The molecule has 7 nitrogen and oxygen atoms in total. The summed E-state index contributed by atoms with van der Waals surface area (Å²) >= 11 is 1.26. The Labute approximate surface area is 188 Å². The Morgan fingerprint density at radius 2 is 1.88 bits per heavy atom. The van der Waals surface area contributed by atoms with Crippen molar-refractivity contribution < 1.29 is 18.0 Å². The van der Waals surface area contributed by atoms with Gasteiger partial charge < -0.3 is 10.3 Å². The maximum atomic E-state index is 14.2. The van der Waals surface area contributed by atoms with E-state index in [2.05, 4.69) is 15.3 Å². The molecule has 2 heterocycles. The number of nitrogens with zero attached hydrogens (tertiary/aromatic N) is 2. The number of H-pyrrole nitrogens is 1. The summed E-state index contributed by atoms with van der Waals surface area (Å²) in [6.07, 6.45) is -0.113. The lowest BCUT2D eigenvalue weighted by molar-refractivity contribution is -0.125. The summed E-state index contributed by atoms with van der Waals surface area (Å²) in [7, 11) is 0. The van der Waals surface area contributed by atoms with Gasteiger partial charge in [-0.05, 0) is 31.2 Å². The van der Waals surface area contributed by atoms with Crippen LogP contribution in [0.3, 0.4) is 0 Å². The monoisotopic (exact) mass is 474 g/mol. The molecule has 0 saturated heterocycles. The molecule has 2 N–H and O–H groups in total. The minimum atomic E-state index is -1.36. The van der Waals surface area contributed by atoms with Crippen molar-refractivity contribution >= 4 is 28.1 Å². The lowest BCUT2D eigenvalue weighted by atomic mass is 10.1. The summed E-state index contributed by atoms with van der Waals surface area (Å²) in [6, 6.07) is 4.01. The van der Waals surface area contributed by atoms with Crippen LogP contribution >= 0.6 is 11.3 Å². The van der Waals surface area contributed by atoms with Gasteiger partial charge in [0, 0.05) is 23.4 Å². The molecule has 11 heteroatoms. The third-order valence-corrected chi connectivity index (χ3v) is 5.81. The molecule has 4 rings (SSSR count). The number of benzene rings is 2. The van der Waals surface area contributed by atoms with Crippen molar-refractivity contribution in [2.75, 3.05) is 0 Å². The zero-order chi connectivity index (χ0) is 23.7. The van der Waals surface area contributed by atoms with E-state index in [-0.39, 0.29) is 22.9 Å². The molecule has 2 aromatic heterocycles. The molecule has 170 valence electrons. The van der Waals surface area contributed by atoms with Gasteiger partial charge in [0.25, 0.3) is 5.56 Å². The summed E-state index contributed by atoms with van der Waals surface area (Å²) in [4.78, 5) is 45.7. The fraction of sp³-hybridized carbons (Fsp3) is 0.182. The Hall–Kier alpha value is -3.73. The van der Waals surface area contributed by atoms with Crippen LogP contribution in [0, 0.1) is 17.5 Å². The number of thiazole rings is 1. The number of halogens is 3. The van der Waals surface area contributed by atoms with Crippen molar-refractivity contribution in [1.82, 2.24) is 19.9 Å². The molecular weight excluding hydrogens is 457 g/mol. The molecule has 4 aromatic rings. The van der Waals surface area contributed by atoms with Gasteiger partial charge in [0.2, 0.25) is 5.91 Å². The predicted octanol–water partition coefficient (Wildman–Crippen LogP) is 3.22. The second kappa shape index (κ2) is 9.02. The van der Waals surface area contributed by atoms with Crippen LogP contribution in [0.25, 0.3) is 10.9 Å². The number of nitrogens with one attached hydrogen (secondary N) is 2. The Bertz CT molecular complexity index is 1450. The van der Waals surface area contributed by atoms with E-state index in [0.29, 0.717) is 16.3 Å². The van der Waals surface area contributed by atoms with E-state index in [1.807, 2.05) is 0 Å². The minimum Gasteiger partial charge on any atom is -0.348 e. The van der Waals surface area contributed by atoms with Gasteiger partial charge in [0.15, 0.2) is 0 Å². The number of hydrogen-bond donors (Lipinski definition) is 2. The van der Waals surface area contributed by atoms with Crippen LogP contribution < -0.4 is 16.6 Å². The number of fused-ring (bicyclic) bond motifs is 1. The standard InChI is InChI=1S/C22H17F3N4O3S/c1-11(15-4-2-13(24)7-17(15)25)27-20(30)19(8-14-9-33-10-26-14)29-21(31)16-6-12(23)3-5-18(16)28-22(29)32/h2-7,9-11,19H,8H2,1H3,(H,27,30)(H,28,32)/t11-,19+/m1/s1. The number of hydrogen-bond acceptors (Lipinski definition) is 5. The molecule has 0 aliphatic carbocycles. The summed E-state index contributed by atoms with van der Waals surface area (Å²) in [6.45, 7) is 1.48. The average Bonchev–Trinajstić information content (AvgIpc) is 3.26. The summed E-state index contributed by atoms with van der Waals surface area (Å²) < 4.78 is 41.9. The van der Waals surface area contributed by atoms with Crippen molar-refractivity contribution in [2.45, 2.75) is 25.4 Å². The van der Waals surface area contributed by atoms with Crippen molar-refractivity contribution in [3.05, 3.63) is 96.8 Å². The van der Waals surface area contributed by atoms with Crippen LogP contribution in [0.2, 0.25) is 0 Å². The van der Waals surface area contributed by atoms with Gasteiger partial charge in [-0.1, -0.05) is 6.07 Å². The van der Waals surface area contributed by atoms with Crippen LogP contribution in [-0.2, 0) is 11.2 Å². The van der Waals surface area contributed by atoms with Gasteiger partial charge in [-0.3, -0.25) is 9.59 Å². The number of carbonyl (C=O) groups excluding carboxylic acids is 1. The first-order valence-corrected chi connectivity index (χ1v) is 10.8. The van der Waals surface area contributed by atoms with E-state index >= 15 is 0 Å². The smallest absolute Gasteiger partial charge is 0.329 e. The van der Waals surface area contributed by atoms with Gasteiger partial charge in [0.1, 0.15) is 23.5 Å². The quantitative estimate of drug-likeness (QED) is 0.449. The van der Waals surface area contributed by atoms with Crippen LogP contribution in [0.1, 0.15) is 30.3 Å². The highest BCUT2D eigenvalue weighted by Crippen LogP contribution is 2.20. The number of aromatic amines is 1. The van der Waals surface area contributed by atoms with Gasteiger partial charge in [-0.15, -0.1) is 11.3 Å². The lowest BCUT2D eigenvalue weighted by Crippen LogP contribution is -2.46. The first-order valence-electron chi connectivity index (χ1n) is 9.81. The molecule has 0 aliphatic rings. The average molecular weight is 474 g/mol. The normalized spacial score (nSPS) is 13.1. The van der Waals surface area contributed by atoms with Crippen LogP contribution in [0.5, 0.6) is 0 Å². The van der Waals surface area contributed by atoms with Gasteiger partial charge in [-0.2, -0.15) is 0 Å². The Morgan fingerprint density at radius 1 is 1.15 bits per heavy atom. The van der Waals surface area contributed by atoms with Gasteiger partial charge >= 0.3 is 5.69 Å². The highest BCUT2D eigenvalue weighted by atomic mass is 32.1. The maximum Gasteiger partial charge on any atom is 0.329 e. The summed E-state index contributed by atoms with van der Waals surface area (Å²) in [5, 5.41) is 4.12. The summed E-state index contributed by atoms with van der Waals surface area (Å²) in [5.41, 5.74) is 0.408. The number of carbonyl (C=O) groups is 1. The lowest BCUT2D eigenvalue weighted by Gasteiger charge is -2.22. The van der Waals surface area contributed by atoms with E-state index in [9.17, 15) is 27.6 Å². The third kappa shape index (κ3) is 4.58. The highest BCUT2D eigenvalue weighted by Gasteiger charge is 2.28. The van der Waals surface area contributed by atoms with Crippen LogP contribution in [-0.4, -0.2) is 20.4 Å².